The molecule has 0 aliphatic carbocycles. The topological polar surface area (TPSA) is 92.1 Å². The Kier molecular flexibility index (Phi) is 8.42. The van der Waals surface area contributed by atoms with Crippen LogP contribution in [0.3, 0.4) is 0 Å². The van der Waals surface area contributed by atoms with E-state index in [2.05, 4.69) is 10.2 Å². The third-order valence-corrected chi connectivity index (χ3v) is 9.04. The van der Waals surface area contributed by atoms with Crippen molar-refractivity contribution in [2.45, 2.75) is 31.6 Å². The number of benzene rings is 3. The average molecular weight is 562 g/mol. The van der Waals surface area contributed by atoms with Crippen molar-refractivity contribution in [3.8, 4) is 0 Å². The van der Waals surface area contributed by atoms with E-state index in [4.69, 9.17) is 9.15 Å². The van der Waals surface area contributed by atoms with Crippen LogP contribution < -0.4 is 14.5 Å². The molecule has 0 bridgehead atoms. The zero-order chi connectivity index (χ0) is 28.1. The molecule has 9 heteroatoms. The summed E-state index contributed by atoms with van der Waals surface area (Å²) in [5.74, 6) is -0.474. The van der Waals surface area contributed by atoms with Crippen LogP contribution in [-0.2, 0) is 21.2 Å². The Morgan fingerprint density at radius 2 is 1.80 bits per heavy atom. The van der Waals surface area contributed by atoms with Gasteiger partial charge >= 0.3 is 5.97 Å². The number of nitrogens with one attached hydrogen (secondary N) is 1. The van der Waals surface area contributed by atoms with E-state index in [1.807, 2.05) is 54.6 Å². The van der Waals surface area contributed by atoms with E-state index in [1.54, 1.807) is 32.0 Å². The number of carbonyl (C=O) groups is 1. The third-order valence-electron chi connectivity index (χ3n) is 7.23. The van der Waals surface area contributed by atoms with Crippen LogP contribution in [-0.4, -0.2) is 53.7 Å². The molecule has 5 rings (SSSR count). The molecular formula is C31H35N3O5S. The zero-order valence-electron chi connectivity index (χ0n) is 22.9. The van der Waals surface area contributed by atoms with Gasteiger partial charge in [-0.05, 0) is 69.1 Å². The maximum atomic E-state index is 14.4. The molecule has 1 aromatic heterocycles. The number of anilines is 2. The summed E-state index contributed by atoms with van der Waals surface area (Å²) in [6.07, 6.45) is 1.53. The normalized spacial score (nSPS) is 14.2. The molecule has 1 aliphatic heterocycles. The molecular weight excluding hydrogens is 526 g/mol. The monoisotopic (exact) mass is 561 g/mol. The number of aryl methyl sites for hydroxylation is 1. The lowest BCUT2D eigenvalue weighted by Crippen LogP contribution is -2.36. The molecule has 1 fully saturated rings. The van der Waals surface area contributed by atoms with Crippen LogP contribution in [0.1, 0.15) is 35.0 Å². The van der Waals surface area contributed by atoms with E-state index < -0.39 is 16.0 Å². The van der Waals surface area contributed by atoms with Gasteiger partial charge in [0, 0.05) is 37.1 Å². The van der Waals surface area contributed by atoms with Crippen LogP contribution in [0.5, 0.6) is 0 Å². The molecule has 8 nitrogen and oxygen atoms in total. The highest BCUT2D eigenvalue weighted by Crippen LogP contribution is 2.35. The molecule has 40 heavy (non-hydrogen) atoms. The van der Waals surface area contributed by atoms with Gasteiger partial charge in [0.25, 0.3) is 10.0 Å². The number of hydrogen-bond donors (Lipinski definition) is 1. The van der Waals surface area contributed by atoms with Crippen LogP contribution in [0.25, 0.3) is 11.0 Å². The molecule has 0 saturated carbocycles. The lowest BCUT2D eigenvalue weighted by molar-refractivity contribution is 0.0491. The molecule has 3 aromatic carbocycles. The first-order valence-electron chi connectivity index (χ1n) is 13.7. The third kappa shape index (κ3) is 5.71. The summed E-state index contributed by atoms with van der Waals surface area (Å²) in [5.41, 5.74) is 3.59. The summed E-state index contributed by atoms with van der Waals surface area (Å²) >= 11 is 0. The number of para-hydroxylation sites is 2. The van der Waals surface area contributed by atoms with Crippen molar-refractivity contribution in [1.29, 1.82) is 0 Å². The maximum Gasteiger partial charge on any atom is 0.374 e. The van der Waals surface area contributed by atoms with Crippen molar-refractivity contribution < 1.29 is 22.4 Å². The highest BCUT2D eigenvalue weighted by atomic mass is 32.2. The van der Waals surface area contributed by atoms with Crippen molar-refractivity contribution in [3.05, 3.63) is 89.7 Å². The minimum absolute atomic E-state index is 0.0902. The molecule has 0 atom stereocenters. The molecule has 0 amide bonds. The molecule has 4 aromatic rings. The highest BCUT2D eigenvalue weighted by molar-refractivity contribution is 7.92. The minimum atomic E-state index is -3.99. The fourth-order valence-corrected chi connectivity index (χ4v) is 6.66. The van der Waals surface area contributed by atoms with E-state index in [0.29, 0.717) is 28.6 Å². The van der Waals surface area contributed by atoms with Gasteiger partial charge in [0.05, 0.1) is 22.9 Å². The minimum Gasteiger partial charge on any atom is -0.460 e. The van der Waals surface area contributed by atoms with Gasteiger partial charge in [-0.3, -0.25) is 4.31 Å². The molecule has 2 heterocycles. The second kappa shape index (κ2) is 12.1. The van der Waals surface area contributed by atoms with Gasteiger partial charge in [0.15, 0.2) is 0 Å². The number of esters is 1. The standard InChI is InChI=1S/C31H35N3O5S/c1-3-38-31(35)30-23(2)26-22-25(14-15-29(26)39-30)40(36,37)34(20-16-24-10-5-4-6-11-24)28-13-8-7-12-27(28)33-19-9-17-32-18-21-33/h4-8,10-15,22,32H,3,9,16-21H2,1-2H3. The number of sulfonamides is 1. The van der Waals surface area contributed by atoms with Crippen molar-refractivity contribution in [1.82, 2.24) is 5.32 Å². The molecule has 0 unspecified atom stereocenters. The van der Waals surface area contributed by atoms with Crippen molar-refractivity contribution in [3.63, 3.8) is 0 Å². The van der Waals surface area contributed by atoms with Gasteiger partial charge in [-0.15, -0.1) is 0 Å². The number of fused-ring (bicyclic) bond motifs is 1. The lowest BCUT2D eigenvalue weighted by Gasteiger charge is -2.31. The van der Waals surface area contributed by atoms with Crippen LogP contribution in [0, 0.1) is 6.92 Å². The Labute approximate surface area is 235 Å². The van der Waals surface area contributed by atoms with Gasteiger partial charge in [-0.1, -0.05) is 42.5 Å². The molecule has 210 valence electrons. The fourth-order valence-electron chi connectivity index (χ4n) is 5.15. The average Bonchev–Trinajstić information content (AvgIpc) is 3.11. The Hall–Kier alpha value is -3.82. The highest BCUT2D eigenvalue weighted by Gasteiger charge is 2.29. The molecule has 1 aliphatic rings. The van der Waals surface area contributed by atoms with Crippen LogP contribution in [0.4, 0.5) is 11.4 Å². The Morgan fingerprint density at radius 1 is 1.02 bits per heavy atom. The van der Waals surface area contributed by atoms with Crippen molar-refractivity contribution in [2.24, 2.45) is 0 Å². The maximum absolute atomic E-state index is 14.4. The van der Waals surface area contributed by atoms with Crippen LogP contribution in [0.2, 0.25) is 0 Å². The Morgan fingerprint density at radius 3 is 2.60 bits per heavy atom. The first kappa shape index (κ1) is 27.7. The smallest absolute Gasteiger partial charge is 0.374 e. The number of ether oxygens (including phenoxy) is 1. The fraction of sp³-hybridized carbons (Fsp3) is 0.323. The van der Waals surface area contributed by atoms with Crippen LogP contribution >= 0.6 is 0 Å². The number of carbonyl (C=O) groups excluding carboxylic acids is 1. The summed E-state index contributed by atoms with van der Waals surface area (Å²) in [7, 11) is -3.99. The van der Waals surface area contributed by atoms with E-state index in [0.717, 1.165) is 43.9 Å². The predicted octanol–water partition coefficient (Wildman–Crippen LogP) is 5.16. The second-order valence-electron chi connectivity index (χ2n) is 9.83. The van der Waals surface area contributed by atoms with Gasteiger partial charge in [-0.25, -0.2) is 13.2 Å². The molecule has 0 radical (unpaired) electrons. The van der Waals surface area contributed by atoms with Gasteiger partial charge in [0.1, 0.15) is 5.58 Å². The van der Waals surface area contributed by atoms with E-state index in [1.165, 1.54) is 4.31 Å². The van der Waals surface area contributed by atoms with E-state index >= 15 is 0 Å². The van der Waals surface area contributed by atoms with Crippen molar-refractivity contribution >= 4 is 38.3 Å². The summed E-state index contributed by atoms with van der Waals surface area (Å²) in [4.78, 5) is 14.8. The Bertz CT molecular complexity index is 1580. The van der Waals surface area contributed by atoms with Crippen molar-refractivity contribution in [2.75, 3.05) is 48.5 Å². The largest absolute Gasteiger partial charge is 0.460 e. The number of rotatable bonds is 9. The van der Waals surface area contributed by atoms with Gasteiger partial charge in [0.2, 0.25) is 5.76 Å². The summed E-state index contributed by atoms with van der Waals surface area (Å²) < 4.78 is 41.2. The molecule has 0 spiro atoms. The predicted molar refractivity (Wildman–Crippen MR) is 158 cm³/mol. The SMILES string of the molecule is CCOC(=O)c1oc2ccc(S(=O)(=O)N(CCc3ccccc3)c3ccccc3N3CCCNCC3)cc2c1C. The van der Waals surface area contributed by atoms with Crippen LogP contribution in [0.15, 0.2) is 82.1 Å². The summed E-state index contributed by atoms with van der Waals surface area (Å²) in [6, 6.07) is 22.4. The Balaban J connectivity index is 1.58. The summed E-state index contributed by atoms with van der Waals surface area (Å²) in [5, 5.41) is 3.99. The number of nitrogens with zero attached hydrogens (tertiary/aromatic N) is 2. The lowest BCUT2D eigenvalue weighted by atomic mass is 10.1. The first-order chi connectivity index (χ1) is 19.4. The molecule has 1 N–H and O–H groups in total. The zero-order valence-corrected chi connectivity index (χ0v) is 23.7. The van der Waals surface area contributed by atoms with Gasteiger partial charge in [-0.2, -0.15) is 0 Å². The summed E-state index contributed by atoms with van der Waals surface area (Å²) in [6.45, 7) is 7.36. The van der Waals surface area contributed by atoms with E-state index in [9.17, 15) is 13.2 Å². The van der Waals surface area contributed by atoms with E-state index in [-0.39, 0.29) is 23.8 Å². The quantitative estimate of drug-likeness (QED) is 0.282. The molecule has 1 saturated heterocycles. The number of furan rings is 1. The first-order valence-corrected chi connectivity index (χ1v) is 15.2. The second-order valence-corrected chi connectivity index (χ2v) is 11.7. The van der Waals surface area contributed by atoms with Gasteiger partial charge < -0.3 is 19.4 Å². The number of hydrogen-bond acceptors (Lipinski definition) is 7.